The topological polar surface area (TPSA) is 52.8 Å². The maximum absolute atomic E-state index is 11.8. The van der Waals surface area contributed by atoms with Crippen LogP contribution in [0.25, 0.3) is 6.08 Å². The van der Waals surface area contributed by atoms with Crippen molar-refractivity contribution in [3.05, 3.63) is 46.2 Å². The lowest BCUT2D eigenvalue weighted by atomic mass is 10.2. The molecule has 0 N–H and O–H groups in total. The van der Waals surface area contributed by atoms with Gasteiger partial charge in [0.15, 0.2) is 16.3 Å². The number of thiazole rings is 1. The lowest BCUT2D eigenvalue weighted by molar-refractivity contribution is -0.113. The number of hydrogen-bond donors (Lipinski definition) is 0. The van der Waals surface area contributed by atoms with Crippen molar-refractivity contribution in [3.63, 3.8) is 0 Å². The van der Waals surface area contributed by atoms with E-state index in [9.17, 15) is 4.79 Å². The van der Waals surface area contributed by atoms with Crippen molar-refractivity contribution in [2.45, 2.75) is 6.92 Å². The van der Waals surface area contributed by atoms with E-state index in [0.29, 0.717) is 22.9 Å². The summed E-state index contributed by atoms with van der Waals surface area (Å²) in [5.74, 6) is 1.02. The van der Waals surface area contributed by atoms with Gasteiger partial charge >= 0.3 is 0 Å². The highest BCUT2D eigenvalue weighted by atomic mass is 32.1. The second-order valence-electron chi connectivity index (χ2n) is 4.42. The van der Waals surface area contributed by atoms with Gasteiger partial charge in [-0.05, 0) is 30.7 Å². The summed E-state index contributed by atoms with van der Waals surface area (Å²) >= 11 is 1.42. The lowest BCUT2D eigenvalue weighted by Crippen LogP contribution is -2.11. The van der Waals surface area contributed by atoms with E-state index in [-0.39, 0.29) is 5.91 Å². The molecular weight excluding hydrogens is 300 g/mol. The molecule has 0 radical (unpaired) electrons. The van der Waals surface area contributed by atoms with E-state index >= 15 is 0 Å². The molecule has 1 aromatic carbocycles. The average Bonchev–Trinajstić information content (AvgIpc) is 2.91. The number of rotatable bonds is 5. The van der Waals surface area contributed by atoms with E-state index in [4.69, 9.17) is 9.47 Å². The number of aromatic nitrogens is 1. The smallest absolute Gasteiger partial charge is 0.272 e. The van der Waals surface area contributed by atoms with Crippen LogP contribution in [0, 0.1) is 0 Å². The third-order valence-corrected chi connectivity index (χ3v) is 3.72. The highest BCUT2D eigenvalue weighted by Gasteiger charge is 2.04. The van der Waals surface area contributed by atoms with Crippen molar-refractivity contribution < 1.29 is 14.3 Å². The molecule has 1 aromatic heterocycles. The SMILES string of the molecule is CCOc1ccc(C=CC(=O)N=c2sccn2C)cc1OC. The van der Waals surface area contributed by atoms with Gasteiger partial charge in [-0.15, -0.1) is 11.3 Å². The van der Waals surface area contributed by atoms with Crippen molar-refractivity contribution in [1.29, 1.82) is 0 Å². The zero-order chi connectivity index (χ0) is 15.9. The Morgan fingerprint density at radius 3 is 2.86 bits per heavy atom. The van der Waals surface area contributed by atoms with Crippen LogP contribution in [0.2, 0.25) is 0 Å². The highest BCUT2D eigenvalue weighted by molar-refractivity contribution is 7.07. The molecule has 22 heavy (non-hydrogen) atoms. The third kappa shape index (κ3) is 4.08. The molecule has 116 valence electrons. The summed E-state index contributed by atoms with van der Waals surface area (Å²) in [4.78, 5) is 16.5. The highest BCUT2D eigenvalue weighted by Crippen LogP contribution is 2.28. The van der Waals surface area contributed by atoms with Crippen molar-refractivity contribution in [3.8, 4) is 11.5 Å². The molecule has 0 fully saturated rings. The van der Waals surface area contributed by atoms with Gasteiger partial charge in [-0.3, -0.25) is 4.79 Å². The van der Waals surface area contributed by atoms with Gasteiger partial charge < -0.3 is 14.0 Å². The van der Waals surface area contributed by atoms with Crippen LogP contribution in [0.3, 0.4) is 0 Å². The summed E-state index contributed by atoms with van der Waals surface area (Å²) in [6, 6.07) is 5.51. The second-order valence-corrected chi connectivity index (χ2v) is 5.30. The van der Waals surface area contributed by atoms with Gasteiger partial charge in [0.2, 0.25) is 0 Å². The minimum Gasteiger partial charge on any atom is -0.493 e. The van der Waals surface area contributed by atoms with Crippen LogP contribution in [0.4, 0.5) is 0 Å². The van der Waals surface area contributed by atoms with Crippen LogP contribution >= 0.6 is 11.3 Å². The Balaban J connectivity index is 2.16. The fourth-order valence-electron chi connectivity index (χ4n) is 1.80. The van der Waals surface area contributed by atoms with Crippen LogP contribution in [-0.4, -0.2) is 24.2 Å². The number of amides is 1. The Kier molecular flexibility index (Phi) is 5.55. The predicted octanol–water partition coefficient (Wildman–Crippen LogP) is 2.63. The fraction of sp³-hybridized carbons (Fsp3) is 0.250. The van der Waals surface area contributed by atoms with Crippen molar-refractivity contribution in [2.24, 2.45) is 12.0 Å². The average molecular weight is 318 g/mol. The first-order chi connectivity index (χ1) is 10.6. The molecule has 2 rings (SSSR count). The Bertz CT molecular complexity index is 744. The van der Waals surface area contributed by atoms with Gasteiger partial charge in [0.05, 0.1) is 13.7 Å². The number of ether oxygens (including phenoxy) is 2. The number of carbonyl (C=O) groups excluding carboxylic acids is 1. The number of carbonyl (C=O) groups is 1. The quantitative estimate of drug-likeness (QED) is 0.796. The Morgan fingerprint density at radius 2 is 2.23 bits per heavy atom. The first kappa shape index (κ1) is 16.0. The maximum atomic E-state index is 11.8. The van der Waals surface area contributed by atoms with Crippen LogP contribution in [0.5, 0.6) is 11.5 Å². The van der Waals surface area contributed by atoms with E-state index in [0.717, 1.165) is 5.56 Å². The molecule has 0 bridgehead atoms. The summed E-state index contributed by atoms with van der Waals surface area (Å²) in [6.07, 6.45) is 5.00. The third-order valence-electron chi connectivity index (χ3n) is 2.87. The molecule has 1 heterocycles. The van der Waals surface area contributed by atoms with E-state index in [1.54, 1.807) is 17.8 Å². The molecule has 0 atom stereocenters. The monoisotopic (exact) mass is 318 g/mol. The van der Waals surface area contributed by atoms with Crippen LogP contribution in [0.1, 0.15) is 12.5 Å². The number of aryl methyl sites for hydroxylation is 1. The van der Waals surface area contributed by atoms with E-state index in [1.165, 1.54) is 17.4 Å². The lowest BCUT2D eigenvalue weighted by Gasteiger charge is -2.09. The standard InChI is InChI=1S/C16H18N2O3S/c1-4-21-13-7-5-12(11-14(13)20-3)6-8-15(19)17-16-18(2)9-10-22-16/h5-11H,4H2,1-3H3. The molecule has 2 aromatic rings. The van der Waals surface area contributed by atoms with Gasteiger partial charge in [0.1, 0.15) is 0 Å². The summed E-state index contributed by atoms with van der Waals surface area (Å²) in [5, 5.41) is 1.88. The number of benzene rings is 1. The van der Waals surface area contributed by atoms with Gasteiger partial charge in [0.25, 0.3) is 5.91 Å². The predicted molar refractivity (Wildman–Crippen MR) is 87.1 cm³/mol. The Morgan fingerprint density at radius 1 is 1.41 bits per heavy atom. The fourth-order valence-corrected chi connectivity index (χ4v) is 2.53. The Labute approximate surface area is 133 Å². The van der Waals surface area contributed by atoms with Gasteiger partial charge in [-0.1, -0.05) is 6.07 Å². The minimum atomic E-state index is -0.300. The largest absolute Gasteiger partial charge is 0.493 e. The summed E-state index contributed by atoms with van der Waals surface area (Å²) in [6.45, 7) is 2.48. The van der Waals surface area contributed by atoms with E-state index < -0.39 is 0 Å². The molecule has 0 saturated carbocycles. The maximum Gasteiger partial charge on any atom is 0.272 e. The van der Waals surface area contributed by atoms with Gasteiger partial charge in [-0.2, -0.15) is 4.99 Å². The van der Waals surface area contributed by atoms with Gasteiger partial charge in [0, 0.05) is 24.7 Å². The molecule has 0 aliphatic rings. The summed E-state index contributed by atoms with van der Waals surface area (Å²) in [7, 11) is 3.44. The number of nitrogens with zero attached hydrogens (tertiary/aromatic N) is 2. The molecule has 6 heteroatoms. The molecule has 0 unspecified atom stereocenters. The van der Waals surface area contributed by atoms with Gasteiger partial charge in [-0.25, -0.2) is 0 Å². The molecule has 0 aliphatic heterocycles. The molecule has 0 aliphatic carbocycles. The number of hydrogen-bond acceptors (Lipinski definition) is 4. The van der Waals surface area contributed by atoms with Crippen LogP contribution < -0.4 is 14.3 Å². The first-order valence-corrected chi connectivity index (χ1v) is 7.69. The van der Waals surface area contributed by atoms with Crippen LogP contribution in [-0.2, 0) is 11.8 Å². The van der Waals surface area contributed by atoms with E-state index in [2.05, 4.69) is 4.99 Å². The Hall–Kier alpha value is -2.34. The second kappa shape index (κ2) is 7.61. The van der Waals surface area contributed by atoms with E-state index in [1.807, 2.05) is 43.7 Å². The zero-order valence-electron chi connectivity index (χ0n) is 12.8. The molecule has 5 nitrogen and oxygen atoms in total. The molecular formula is C16H18N2O3S. The first-order valence-electron chi connectivity index (χ1n) is 6.81. The molecule has 1 amide bonds. The van der Waals surface area contributed by atoms with Crippen molar-refractivity contribution >= 4 is 23.3 Å². The number of methoxy groups -OCH3 is 1. The van der Waals surface area contributed by atoms with Crippen molar-refractivity contribution in [2.75, 3.05) is 13.7 Å². The summed E-state index contributed by atoms with van der Waals surface area (Å²) < 4.78 is 12.5. The normalized spacial score (nSPS) is 11.9. The minimum absolute atomic E-state index is 0.300. The molecule has 0 saturated heterocycles. The summed E-state index contributed by atoms with van der Waals surface area (Å²) in [5.41, 5.74) is 0.847. The van der Waals surface area contributed by atoms with Crippen LogP contribution in [0.15, 0.2) is 40.8 Å². The van der Waals surface area contributed by atoms with Crippen molar-refractivity contribution in [1.82, 2.24) is 4.57 Å². The zero-order valence-corrected chi connectivity index (χ0v) is 13.6. The molecule has 0 spiro atoms.